The van der Waals surface area contributed by atoms with E-state index in [1.54, 1.807) is 13.8 Å². The van der Waals surface area contributed by atoms with Crippen LogP contribution in [-0.2, 0) is 11.2 Å². The van der Waals surface area contributed by atoms with E-state index < -0.39 is 15.4 Å². The molecular formula is C24H29Cl3N2O3. The summed E-state index contributed by atoms with van der Waals surface area (Å²) in [5.41, 5.74) is 1.72. The number of aromatic nitrogens is 1. The van der Waals surface area contributed by atoms with Crippen molar-refractivity contribution in [3.05, 3.63) is 29.0 Å². The predicted molar refractivity (Wildman–Crippen MR) is 128 cm³/mol. The lowest BCUT2D eigenvalue weighted by Crippen LogP contribution is -2.64. The number of halogens is 3. The van der Waals surface area contributed by atoms with Gasteiger partial charge >= 0.3 is 5.97 Å². The molecule has 1 N–H and O–H groups in total. The molecule has 0 aliphatic carbocycles. The Kier molecular flexibility index (Phi) is 5.44. The van der Waals surface area contributed by atoms with E-state index >= 15 is 0 Å². The lowest BCUT2D eigenvalue weighted by Gasteiger charge is -2.56. The highest BCUT2D eigenvalue weighted by atomic mass is 35.6. The van der Waals surface area contributed by atoms with Gasteiger partial charge in [-0.2, -0.15) is 0 Å². The molecule has 3 aliphatic heterocycles. The number of nitrogens with one attached hydrogen (secondary N) is 1. The minimum absolute atomic E-state index is 0.208. The highest BCUT2D eigenvalue weighted by Crippen LogP contribution is 2.50. The quantitative estimate of drug-likeness (QED) is 0.389. The fraction of sp³-hybridized carbons (Fsp3) is 0.625. The van der Waals surface area contributed by atoms with Crippen LogP contribution in [-0.4, -0.2) is 44.1 Å². The zero-order valence-electron chi connectivity index (χ0n) is 18.7. The summed E-state index contributed by atoms with van der Waals surface area (Å²) < 4.78 is 10.8. The highest BCUT2D eigenvalue weighted by Gasteiger charge is 2.52. The molecule has 0 saturated carbocycles. The Balaban J connectivity index is 1.59. The summed E-state index contributed by atoms with van der Waals surface area (Å²) >= 11 is 18.2. The number of carbonyl (C=O) groups excluding carboxylic acids is 1. The monoisotopic (exact) mass is 498 g/mol. The summed E-state index contributed by atoms with van der Waals surface area (Å²) in [6, 6.07) is 4.03. The molecule has 2 atom stereocenters. The maximum Gasteiger partial charge on any atom is 0.341 e. The van der Waals surface area contributed by atoms with E-state index in [0.29, 0.717) is 11.5 Å². The minimum atomic E-state index is -1.75. The first kappa shape index (κ1) is 22.6. The average Bonchev–Trinajstić information content (AvgIpc) is 3.06. The normalized spacial score (nSPS) is 26.1. The second kappa shape index (κ2) is 7.69. The molecule has 1 spiro atoms. The van der Waals surface area contributed by atoms with Crippen molar-refractivity contribution in [3.8, 4) is 5.75 Å². The molecule has 32 heavy (non-hydrogen) atoms. The van der Waals surface area contributed by atoms with E-state index in [2.05, 4.69) is 9.88 Å². The van der Waals surface area contributed by atoms with Crippen molar-refractivity contribution in [2.75, 3.05) is 13.1 Å². The Morgan fingerprint density at radius 2 is 1.97 bits per heavy atom. The first-order chi connectivity index (χ1) is 15.0. The SMILES string of the molecule is Cc1[nH]c2ccc3c(c2c1C(=O)OC(C)(C)C(Cl)(Cl)Cl)CC1CCCN2CCCCC12O3. The van der Waals surface area contributed by atoms with Gasteiger partial charge in [0.1, 0.15) is 5.75 Å². The molecule has 5 rings (SSSR count). The summed E-state index contributed by atoms with van der Waals surface area (Å²) in [7, 11) is 0. The zero-order chi connectivity index (χ0) is 22.9. The Morgan fingerprint density at radius 1 is 1.22 bits per heavy atom. The van der Waals surface area contributed by atoms with Crippen molar-refractivity contribution in [3.63, 3.8) is 0 Å². The van der Waals surface area contributed by atoms with Crippen molar-refractivity contribution in [1.82, 2.24) is 9.88 Å². The summed E-state index contributed by atoms with van der Waals surface area (Å²) in [5.74, 6) is 0.782. The third kappa shape index (κ3) is 3.43. The van der Waals surface area contributed by atoms with Crippen LogP contribution < -0.4 is 4.74 Å². The van der Waals surface area contributed by atoms with Gasteiger partial charge in [0.25, 0.3) is 0 Å². The molecule has 3 aliphatic rings. The fourth-order valence-electron chi connectivity index (χ4n) is 5.81. The van der Waals surface area contributed by atoms with Crippen LogP contribution in [0, 0.1) is 12.8 Å². The number of esters is 1. The molecule has 8 heteroatoms. The molecule has 2 unspecified atom stereocenters. The molecule has 5 nitrogen and oxygen atoms in total. The van der Waals surface area contributed by atoms with Crippen LogP contribution in [0.4, 0.5) is 0 Å². The van der Waals surface area contributed by atoms with Gasteiger partial charge < -0.3 is 14.5 Å². The number of benzene rings is 1. The van der Waals surface area contributed by atoms with Crippen LogP contribution in [0.3, 0.4) is 0 Å². The van der Waals surface area contributed by atoms with Gasteiger partial charge in [-0.25, -0.2) is 4.79 Å². The van der Waals surface area contributed by atoms with Crippen molar-refractivity contribution < 1.29 is 14.3 Å². The molecule has 2 saturated heterocycles. The van der Waals surface area contributed by atoms with E-state index in [1.165, 1.54) is 19.3 Å². The lowest BCUT2D eigenvalue weighted by atomic mass is 9.74. The first-order valence-corrected chi connectivity index (χ1v) is 12.6. The molecule has 2 fully saturated rings. The molecule has 1 aromatic heterocycles. The minimum Gasteiger partial charge on any atom is -0.472 e. The molecule has 1 aromatic carbocycles. The number of alkyl halides is 3. The highest BCUT2D eigenvalue weighted by molar-refractivity contribution is 6.68. The van der Waals surface area contributed by atoms with Crippen molar-refractivity contribution in [2.24, 2.45) is 5.92 Å². The van der Waals surface area contributed by atoms with E-state index in [0.717, 1.165) is 60.3 Å². The number of hydrogen-bond donors (Lipinski definition) is 1. The van der Waals surface area contributed by atoms with Crippen molar-refractivity contribution in [1.29, 1.82) is 0 Å². The van der Waals surface area contributed by atoms with Gasteiger partial charge in [-0.15, -0.1) is 0 Å². The Hall–Kier alpha value is -1.14. The third-order valence-electron chi connectivity index (χ3n) is 7.56. The third-order valence-corrected chi connectivity index (χ3v) is 8.92. The Bertz CT molecular complexity index is 1070. The van der Waals surface area contributed by atoms with E-state index in [1.807, 2.05) is 19.1 Å². The summed E-state index contributed by atoms with van der Waals surface area (Å²) in [6.07, 6.45) is 6.69. The van der Waals surface area contributed by atoms with Crippen molar-refractivity contribution >= 4 is 51.7 Å². The van der Waals surface area contributed by atoms with Crippen LogP contribution in [0.5, 0.6) is 5.75 Å². The number of nitrogens with zero attached hydrogens (tertiary/aromatic N) is 1. The Morgan fingerprint density at radius 3 is 2.72 bits per heavy atom. The number of piperidine rings is 2. The smallest absolute Gasteiger partial charge is 0.341 e. The van der Waals surface area contributed by atoms with Crippen LogP contribution in [0.15, 0.2) is 12.1 Å². The number of carbonyl (C=O) groups is 1. The summed E-state index contributed by atoms with van der Waals surface area (Å²) in [4.78, 5) is 19.2. The standard InChI is InChI=1S/C24H29Cl3N2O3/c1-14-19(21(30)32-22(2,3)24(25,26)27)20-16-13-15-7-6-12-29-11-5-4-10-23(15,29)31-18(16)9-8-17(20)28-14/h8-9,15,28H,4-7,10-13H2,1-3H3. The number of aryl methyl sites for hydroxylation is 1. The fourth-order valence-corrected chi connectivity index (χ4v) is 5.92. The van der Waals surface area contributed by atoms with Crippen molar-refractivity contribution in [2.45, 2.75) is 74.4 Å². The van der Waals surface area contributed by atoms with Gasteiger partial charge in [0.05, 0.1) is 5.56 Å². The van der Waals surface area contributed by atoms with Gasteiger partial charge in [0, 0.05) is 47.6 Å². The number of hydrogen-bond acceptors (Lipinski definition) is 4. The van der Waals surface area contributed by atoms with E-state index in [4.69, 9.17) is 44.3 Å². The van der Waals surface area contributed by atoms with Gasteiger partial charge in [0.2, 0.25) is 3.79 Å². The lowest BCUT2D eigenvalue weighted by molar-refractivity contribution is -0.177. The molecule has 4 heterocycles. The number of ether oxygens (including phenoxy) is 2. The number of H-pyrrole nitrogens is 1. The molecule has 0 radical (unpaired) electrons. The molecule has 0 amide bonds. The first-order valence-electron chi connectivity index (χ1n) is 11.4. The molecule has 0 bridgehead atoms. The van der Waals surface area contributed by atoms with Gasteiger partial charge in [-0.1, -0.05) is 34.8 Å². The van der Waals surface area contributed by atoms with Crippen LogP contribution >= 0.6 is 34.8 Å². The summed E-state index contributed by atoms with van der Waals surface area (Å²) in [6.45, 7) is 7.27. The summed E-state index contributed by atoms with van der Waals surface area (Å²) in [5, 5.41) is 0.868. The van der Waals surface area contributed by atoms with Crippen LogP contribution in [0.1, 0.15) is 67.6 Å². The number of fused-ring (bicyclic) bond motifs is 3. The number of rotatable bonds is 2. The maximum atomic E-state index is 13.3. The molecule has 174 valence electrons. The van der Waals surface area contributed by atoms with E-state index in [-0.39, 0.29) is 5.72 Å². The van der Waals surface area contributed by atoms with E-state index in [9.17, 15) is 4.79 Å². The molecule has 2 aromatic rings. The van der Waals surface area contributed by atoms with Crippen LogP contribution in [0.2, 0.25) is 0 Å². The average molecular weight is 500 g/mol. The molecular weight excluding hydrogens is 471 g/mol. The predicted octanol–water partition coefficient (Wildman–Crippen LogP) is 6.31. The zero-order valence-corrected chi connectivity index (χ0v) is 21.0. The van der Waals surface area contributed by atoms with Gasteiger partial charge in [0.15, 0.2) is 11.3 Å². The topological polar surface area (TPSA) is 54.6 Å². The number of aromatic amines is 1. The van der Waals surface area contributed by atoms with Gasteiger partial charge in [-0.3, -0.25) is 4.90 Å². The second-order valence-electron chi connectivity index (χ2n) is 9.92. The largest absolute Gasteiger partial charge is 0.472 e. The second-order valence-corrected chi connectivity index (χ2v) is 12.2. The van der Waals surface area contributed by atoms with Crippen LogP contribution in [0.25, 0.3) is 10.9 Å². The van der Waals surface area contributed by atoms with Gasteiger partial charge in [-0.05, 0) is 65.0 Å². The Labute approximate surface area is 203 Å². The maximum absolute atomic E-state index is 13.3.